The zero-order chi connectivity index (χ0) is 22.8. The van der Waals surface area contributed by atoms with E-state index in [0.29, 0.717) is 24.4 Å². The molecule has 1 aliphatic rings. The summed E-state index contributed by atoms with van der Waals surface area (Å²) in [6, 6.07) is 15.9. The van der Waals surface area contributed by atoms with Gasteiger partial charge in [0, 0.05) is 18.7 Å². The highest BCUT2D eigenvalue weighted by atomic mass is 16.5. The molecule has 3 rings (SSSR count). The molecule has 1 heterocycles. The molecule has 1 atom stereocenters. The van der Waals surface area contributed by atoms with Crippen LogP contribution in [0, 0.1) is 0 Å². The SMILES string of the molecule is COc1ccc(C(=O)NCC(=O)N2CCCCCCNC(=O)CC2c2ccccc2)cc1. The van der Waals surface area contributed by atoms with Crippen molar-refractivity contribution in [3.63, 3.8) is 0 Å². The smallest absolute Gasteiger partial charge is 0.251 e. The summed E-state index contributed by atoms with van der Waals surface area (Å²) in [6.07, 6.45) is 3.98. The third kappa shape index (κ3) is 6.57. The van der Waals surface area contributed by atoms with Gasteiger partial charge in [-0.05, 0) is 42.7 Å². The van der Waals surface area contributed by atoms with E-state index < -0.39 is 0 Å². The van der Waals surface area contributed by atoms with Crippen LogP contribution in [-0.4, -0.2) is 49.4 Å². The number of carbonyl (C=O) groups excluding carboxylic acids is 3. The van der Waals surface area contributed by atoms with Crippen molar-refractivity contribution in [1.29, 1.82) is 0 Å². The molecule has 0 bridgehead atoms. The van der Waals surface area contributed by atoms with Gasteiger partial charge in [0.2, 0.25) is 11.8 Å². The highest BCUT2D eigenvalue weighted by molar-refractivity contribution is 5.96. The molecule has 0 aromatic heterocycles. The van der Waals surface area contributed by atoms with E-state index in [2.05, 4.69) is 10.6 Å². The topological polar surface area (TPSA) is 87.7 Å². The van der Waals surface area contributed by atoms with Gasteiger partial charge in [-0.1, -0.05) is 43.2 Å². The fraction of sp³-hybridized carbons (Fsp3) is 0.400. The molecule has 7 nitrogen and oxygen atoms in total. The van der Waals surface area contributed by atoms with Gasteiger partial charge in [-0.2, -0.15) is 0 Å². The Kier molecular flexibility index (Phi) is 8.66. The van der Waals surface area contributed by atoms with Crippen LogP contribution in [0.3, 0.4) is 0 Å². The molecule has 7 heteroatoms. The van der Waals surface area contributed by atoms with E-state index in [-0.39, 0.29) is 36.7 Å². The fourth-order valence-corrected chi connectivity index (χ4v) is 3.88. The van der Waals surface area contributed by atoms with Crippen molar-refractivity contribution >= 4 is 17.7 Å². The maximum atomic E-state index is 13.2. The molecule has 2 aromatic rings. The lowest BCUT2D eigenvalue weighted by molar-refractivity contribution is -0.134. The van der Waals surface area contributed by atoms with Crippen LogP contribution in [-0.2, 0) is 9.59 Å². The number of nitrogens with zero attached hydrogens (tertiary/aromatic N) is 1. The summed E-state index contributed by atoms with van der Waals surface area (Å²) < 4.78 is 5.11. The van der Waals surface area contributed by atoms with E-state index in [1.54, 1.807) is 36.3 Å². The maximum Gasteiger partial charge on any atom is 0.251 e. The molecule has 0 saturated carbocycles. The van der Waals surface area contributed by atoms with Crippen molar-refractivity contribution in [3.05, 3.63) is 65.7 Å². The molecule has 1 unspecified atom stereocenters. The number of carbonyl (C=O) groups is 3. The predicted octanol–water partition coefficient (Wildman–Crippen LogP) is 3.08. The van der Waals surface area contributed by atoms with Crippen LogP contribution in [0.15, 0.2) is 54.6 Å². The molecule has 0 spiro atoms. The van der Waals surface area contributed by atoms with Crippen molar-refractivity contribution in [2.45, 2.75) is 38.1 Å². The Morgan fingerprint density at radius 1 is 1.03 bits per heavy atom. The van der Waals surface area contributed by atoms with Gasteiger partial charge in [0.05, 0.1) is 26.1 Å². The summed E-state index contributed by atoms with van der Waals surface area (Å²) in [5.74, 6) is 0.0617. The Hall–Kier alpha value is -3.35. The number of hydrogen-bond acceptors (Lipinski definition) is 4. The Balaban J connectivity index is 1.74. The van der Waals surface area contributed by atoms with E-state index in [9.17, 15) is 14.4 Å². The molecule has 0 aliphatic carbocycles. The molecule has 170 valence electrons. The summed E-state index contributed by atoms with van der Waals surface area (Å²) >= 11 is 0. The van der Waals surface area contributed by atoms with Crippen molar-refractivity contribution in [2.75, 3.05) is 26.7 Å². The second-order valence-electron chi connectivity index (χ2n) is 7.89. The van der Waals surface area contributed by atoms with Crippen LogP contribution in [0.1, 0.15) is 54.1 Å². The summed E-state index contributed by atoms with van der Waals surface area (Å²) in [5, 5.41) is 5.69. The van der Waals surface area contributed by atoms with E-state index in [4.69, 9.17) is 4.74 Å². The molecule has 3 amide bonds. The maximum absolute atomic E-state index is 13.2. The van der Waals surface area contributed by atoms with Crippen molar-refractivity contribution in [2.24, 2.45) is 0 Å². The summed E-state index contributed by atoms with van der Waals surface area (Å²) in [5.41, 5.74) is 1.37. The van der Waals surface area contributed by atoms with E-state index in [0.717, 1.165) is 31.2 Å². The van der Waals surface area contributed by atoms with Crippen LogP contribution in [0.2, 0.25) is 0 Å². The average molecular weight is 438 g/mol. The first-order valence-corrected chi connectivity index (χ1v) is 11.1. The lowest BCUT2D eigenvalue weighted by Crippen LogP contribution is -2.44. The molecule has 0 radical (unpaired) electrons. The second-order valence-corrected chi connectivity index (χ2v) is 7.89. The number of amides is 3. The minimum atomic E-state index is -0.375. The number of benzene rings is 2. The minimum absolute atomic E-state index is 0.0687. The minimum Gasteiger partial charge on any atom is -0.497 e. The Labute approximate surface area is 189 Å². The molecule has 2 N–H and O–H groups in total. The number of nitrogens with one attached hydrogen (secondary N) is 2. The number of ether oxygens (including phenoxy) is 1. The van der Waals surface area contributed by atoms with Crippen LogP contribution >= 0.6 is 0 Å². The first kappa shape index (κ1) is 23.3. The normalized spacial score (nSPS) is 17.6. The Bertz CT molecular complexity index is 899. The molecular formula is C25H31N3O4. The van der Waals surface area contributed by atoms with Gasteiger partial charge in [0.15, 0.2) is 0 Å². The van der Waals surface area contributed by atoms with Crippen molar-refractivity contribution in [3.8, 4) is 5.75 Å². The zero-order valence-electron chi connectivity index (χ0n) is 18.5. The standard InChI is InChI=1S/C25H31N3O4/c1-32-21-13-11-20(12-14-21)25(31)27-18-24(30)28-16-8-3-2-7-15-26-23(29)17-22(28)19-9-5-4-6-10-19/h4-6,9-14,22H,2-3,7-8,15-18H2,1H3,(H,26,29)(H,27,31). The lowest BCUT2D eigenvalue weighted by atomic mass is 10.0. The largest absolute Gasteiger partial charge is 0.497 e. The summed E-state index contributed by atoms with van der Waals surface area (Å²) in [6.45, 7) is 1.08. The molecule has 1 fully saturated rings. The van der Waals surface area contributed by atoms with Gasteiger partial charge in [0.1, 0.15) is 5.75 Å². The van der Waals surface area contributed by atoms with Gasteiger partial charge in [0.25, 0.3) is 5.91 Å². The van der Waals surface area contributed by atoms with Crippen LogP contribution < -0.4 is 15.4 Å². The average Bonchev–Trinajstić information content (AvgIpc) is 2.87. The predicted molar refractivity (Wildman–Crippen MR) is 122 cm³/mol. The number of rotatable bonds is 5. The van der Waals surface area contributed by atoms with E-state index in [1.807, 2.05) is 30.3 Å². The molecular weight excluding hydrogens is 406 g/mol. The first-order chi connectivity index (χ1) is 15.6. The second kappa shape index (κ2) is 11.9. The zero-order valence-corrected chi connectivity index (χ0v) is 18.5. The Morgan fingerprint density at radius 3 is 2.47 bits per heavy atom. The molecule has 1 aliphatic heterocycles. The highest BCUT2D eigenvalue weighted by Crippen LogP contribution is 2.26. The van der Waals surface area contributed by atoms with E-state index in [1.165, 1.54) is 0 Å². The van der Waals surface area contributed by atoms with Crippen molar-refractivity contribution < 1.29 is 19.1 Å². The summed E-state index contributed by atoms with van der Waals surface area (Å²) in [4.78, 5) is 40.0. The number of hydrogen-bond donors (Lipinski definition) is 2. The van der Waals surface area contributed by atoms with Crippen molar-refractivity contribution in [1.82, 2.24) is 15.5 Å². The monoisotopic (exact) mass is 437 g/mol. The lowest BCUT2D eigenvalue weighted by Gasteiger charge is -2.32. The van der Waals surface area contributed by atoms with Crippen LogP contribution in [0.4, 0.5) is 0 Å². The van der Waals surface area contributed by atoms with E-state index >= 15 is 0 Å². The molecule has 1 saturated heterocycles. The van der Waals surface area contributed by atoms with Crippen LogP contribution in [0.5, 0.6) is 5.75 Å². The fourth-order valence-electron chi connectivity index (χ4n) is 3.88. The summed E-state index contributed by atoms with van der Waals surface area (Å²) in [7, 11) is 1.56. The molecule has 2 aromatic carbocycles. The number of methoxy groups -OCH3 is 1. The third-order valence-corrected chi connectivity index (χ3v) is 5.66. The third-order valence-electron chi connectivity index (χ3n) is 5.66. The highest BCUT2D eigenvalue weighted by Gasteiger charge is 2.27. The van der Waals surface area contributed by atoms with Gasteiger partial charge >= 0.3 is 0 Å². The molecule has 32 heavy (non-hydrogen) atoms. The quantitative estimate of drug-likeness (QED) is 0.753. The van der Waals surface area contributed by atoms with Gasteiger partial charge in [-0.3, -0.25) is 14.4 Å². The van der Waals surface area contributed by atoms with Gasteiger partial charge in [-0.25, -0.2) is 0 Å². The van der Waals surface area contributed by atoms with Crippen LogP contribution in [0.25, 0.3) is 0 Å². The van der Waals surface area contributed by atoms with Gasteiger partial charge < -0.3 is 20.3 Å². The van der Waals surface area contributed by atoms with Gasteiger partial charge in [-0.15, -0.1) is 0 Å². The Morgan fingerprint density at radius 2 is 1.75 bits per heavy atom. The first-order valence-electron chi connectivity index (χ1n) is 11.1.